The molecule has 1 heterocycles. The summed E-state index contributed by atoms with van der Waals surface area (Å²) in [5.74, 6) is -1.11. The fourth-order valence-electron chi connectivity index (χ4n) is 3.66. The third kappa shape index (κ3) is 2.33. The summed E-state index contributed by atoms with van der Waals surface area (Å²) in [4.78, 5) is 25.1. The van der Waals surface area contributed by atoms with Gasteiger partial charge in [0.15, 0.2) is 0 Å². The zero-order valence-corrected chi connectivity index (χ0v) is 12.1. The zero-order chi connectivity index (χ0) is 15.7. The maximum absolute atomic E-state index is 12.1. The van der Waals surface area contributed by atoms with Crippen LogP contribution in [0.5, 0.6) is 0 Å². The zero-order valence-electron chi connectivity index (χ0n) is 12.1. The Morgan fingerprint density at radius 1 is 1.32 bits per heavy atom. The van der Waals surface area contributed by atoms with Crippen LogP contribution in [0.4, 0.5) is 4.79 Å². The molecule has 0 aromatic heterocycles. The molecule has 2 fully saturated rings. The Kier molecular flexibility index (Phi) is 3.78. The van der Waals surface area contributed by atoms with E-state index < -0.39 is 17.5 Å². The van der Waals surface area contributed by atoms with Crippen molar-refractivity contribution in [2.75, 3.05) is 19.7 Å². The molecule has 6 nitrogen and oxygen atoms in total. The molecular formula is C16H19NO5. The van der Waals surface area contributed by atoms with Crippen molar-refractivity contribution in [1.82, 2.24) is 4.90 Å². The van der Waals surface area contributed by atoms with Crippen molar-refractivity contribution in [3.63, 3.8) is 0 Å². The summed E-state index contributed by atoms with van der Waals surface area (Å²) in [6.07, 6.45) is -0.0676. The van der Waals surface area contributed by atoms with Crippen LogP contribution in [0.15, 0.2) is 30.3 Å². The number of hydrogen-bond donors (Lipinski definition) is 2. The highest BCUT2D eigenvalue weighted by molar-refractivity contribution is 5.80. The minimum absolute atomic E-state index is 0.0351. The van der Waals surface area contributed by atoms with Crippen LogP contribution >= 0.6 is 0 Å². The molecule has 1 aromatic rings. The number of ether oxygens (including phenoxy) is 1. The van der Waals surface area contributed by atoms with E-state index in [-0.39, 0.29) is 31.6 Å². The predicted octanol–water partition coefficient (Wildman–Crippen LogP) is 1.34. The van der Waals surface area contributed by atoms with Gasteiger partial charge < -0.3 is 19.8 Å². The lowest BCUT2D eigenvalue weighted by atomic mass is 9.55. The Morgan fingerprint density at radius 3 is 2.68 bits per heavy atom. The van der Waals surface area contributed by atoms with Gasteiger partial charge >= 0.3 is 12.1 Å². The highest BCUT2D eigenvalue weighted by Crippen LogP contribution is 2.55. The molecule has 1 saturated heterocycles. The average Bonchev–Trinajstić information content (AvgIpc) is 2.81. The van der Waals surface area contributed by atoms with Crippen LogP contribution in [0.2, 0.25) is 0 Å². The monoisotopic (exact) mass is 305 g/mol. The quantitative estimate of drug-likeness (QED) is 0.876. The van der Waals surface area contributed by atoms with Crippen molar-refractivity contribution >= 4 is 12.1 Å². The van der Waals surface area contributed by atoms with Gasteiger partial charge in [0.05, 0.1) is 5.41 Å². The van der Waals surface area contributed by atoms with Gasteiger partial charge in [0, 0.05) is 19.7 Å². The van der Waals surface area contributed by atoms with E-state index in [1.807, 2.05) is 30.3 Å². The van der Waals surface area contributed by atoms with Gasteiger partial charge in [-0.05, 0) is 23.8 Å². The molecule has 6 heteroatoms. The van der Waals surface area contributed by atoms with E-state index >= 15 is 0 Å². The molecule has 0 unspecified atom stereocenters. The van der Waals surface area contributed by atoms with Gasteiger partial charge in [0.25, 0.3) is 0 Å². The van der Waals surface area contributed by atoms with E-state index in [2.05, 4.69) is 0 Å². The second-order valence-electron chi connectivity index (χ2n) is 6.14. The molecule has 1 aromatic carbocycles. The Hall–Kier alpha value is -2.08. The van der Waals surface area contributed by atoms with Gasteiger partial charge in [0.1, 0.15) is 6.61 Å². The first-order valence-electron chi connectivity index (χ1n) is 7.37. The molecule has 0 bridgehead atoms. The van der Waals surface area contributed by atoms with Crippen molar-refractivity contribution in [2.45, 2.75) is 13.0 Å². The highest BCUT2D eigenvalue weighted by atomic mass is 16.6. The molecule has 1 aliphatic heterocycles. The number of carboxylic acid groups (broad SMARTS) is 1. The number of carbonyl (C=O) groups is 2. The van der Waals surface area contributed by atoms with Gasteiger partial charge in [-0.25, -0.2) is 4.79 Å². The van der Waals surface area contributed by atoms with Crippen molar-refractivity contribution in [1.29, 1.82) is 0 Å². The number of carbonyl (C=O) groups excluding carboxylic acids is 1. The smallest absolute Gasteiger partial charge is 0.410 e. The van der Waals surface area contributed by atoms with Crippen molar-refractivity contribution in [3.8, 4) is 0 Å². The standard InChI is InChI=1S/C16H19NO5/c18-8-12-6-16(14(19)20)10-17(7-13(12)16)15(21)22-9-11-4-2-1-3-5-11/h1-5,12-13,18H,6-10H2,(H,19,20)/t12-,13-,16+/m0/s1. The summed E-state index contributed by atoms with van der Waals surface area (Å²) in [5.41, 5.74) is -0.0155. The maximum atomic E-state index is 12.1. The lowest BCUT2D eigenvalue weighted by Gasteiger charge is -2.46. The topological polar surface area (TPSA) is 87.1 Å². The molecule has 1 aliphatic carbocycles. The van der Waals surface area contributed by atoms with Crippen molar-refractivity contribution < 1.29 is 24.5 Å². The third-order valence-electron chi connectivity index (χ3n) is 4.92. The highest BCUT2D eigenvalue weighted by Gasteiger charge is 2.64. The van der Waals surface area contributed by atoms with E-state index in [4.69, 9.17) is 4.74 Å². The van der Waals surface area contributed by atoms with Crippen LogP contribution in [0.25, 0.3) is 0 Å². The Labute approximate surface area is 128 Å². The van der Waals surface area contributed by atoms with E-state index in [1.165, 1.54) is 4.90 Å². The summed E-state index contributed by atoms with van der Waals surface area (Å²) >= 11 is 0. The summed E-state index contributed by atoms with van der Waals surface area (Å²) in [7, 11) is 0. The van der Waals surface area contributed by atoms with Crippen LogP contribution in [0.1, 0.15) is 12.0 Å². The van der Waals surface area contributed by atoms with Crippen LogP contribution in [-0.2, 0) is 16.1 Å². The molecule has 118 valence electrons. The normalized spacial score (nSPS) is 29.6. The maximum Gasteiger partial charge on any atom is 0.410 e. The molecule has 3 rings (SSSR count). The van der Waals surface area contributed by atoms with E-state index in [0.717, 1.165) is 5.56 Å². The van der Waals surface area contributed by atoms with Crippen LogP contribution in [0, 0.1) is 17.3 Å². The molecule has 1 saturated carbocycles. The first kappa shape index (κ1) is 14.8. The van der Waals surface area contributed by atoms with Gasteiger partial charge in [0.2, 0.25) is 0 Å². The molecule has 0 radical (unpaired) electrons. The SMILES string of the molecule is O=C(OCc1ccccc1)N1C[C@H]2[C@H](CO)C[C@@]2(C(=O)O)C1. The van der Waals surface area contributed by atoms with E-state index in [9.17, 15) is 19.8 Å². The van der Waals surface area contributed by atoms with E-state index in [0.29, 0.717) is 13.0 Å². The number of hydrogen-bond acceptors (Lipinski definition) is 4. The van der Waals surface area contributed by atoms with Crippen molar-refractivity contribution in [3.05, 3.63) is 35.9 Å². The average molecular weight is 305 g/mol. The fraction of sp³-hybridized carbons (Fsp3) is 0.500. The van der Waals surface area contributed by atoms with Crippen LogP contribution in [-0.4, -0.2) is 46.9 Å². The predicted molar refractivity (Wildman–Crippen MR) is 77.0 cm³/mol. The number of amides is 1. The Balaban J connectivity index is 1.62. The Bertz CT molecular complexity index is 575. The number of aliphatic hydroxyl groups is 1. The van der Waals surface area contributed by atoms with Crippen molar-refractivity contribution in [2.24, 2.45) is 17.3 Å². The van der Waals surface area contributed by atoms with Gasteiger partial charge in [-0.1, -0.05) is 30.3 Å². The van der Waals surface area contributed by atoms with Crippen LogP contribution < -0.4 is 0 Å². The second kappa shape index (κ2) is 5.61. The lowest BCUT2D eigenvalue weighted by molar-refractivity contribution is -0.164. The lowest BCUT2D eigenvalue weighted by Crippen LogP contribution is -2.53. The number of aliphatic hydroxyl groups excluding tert-OH is 1. The van der Waals surface area contributed by atoms with Gasteiger partial charge in [-0.15, -0.1) is 0 Å². The molecule has 2 N–H and O–H groups in total. The molecule has 22 heavy (non-hydrogen) atoms. The molecule has 1 amide bonds. The first-order valence-corrected chi connectivity index (χ1v) is 7.37. The third-order valence-corrected chi connectivity index (χ3v) is 4.92. The molecule has 2 aliphatic rings. The number of benzene rings is 1. The number of rotatable bonds is 4. The number of aliphatic carboxylic acids is 1. The molecule has 3 atom stereocenters. The van der Waals surface area contributed by atoms with Crippen LogP contribution in [0.3, 0.4) is 0 Å². The van der Waals surface area contributed by atoms with Gasteiger partial charge in [-0.3, -0.25) is 4.79 Å². The second-order valence-corrected chi connectivity index (χ2v) is 6.14. The minimum atomic E-state index is -0.904. The number of likely N-dealkylation sites (tertiary alicyclic amines) is 1. The molecular weight excluding hydrogens is 286 g/mol. The summed E-state index contributed by atoms with van der Waals surface area (Å²) in [6.45, 7) is 0.638. The summed E-state index contributed by atoms with van der Waals surface area (Å²) < 4.78 is 5.26. The fourth-order valence-corrected chi connectivity index (χ4v) is 3.66. The van der Waals surface area contributed by atoms with E-state index in [1.54, 1.807) is 0 Å². The first-order chi connectivity index (χ1) is 10.6. The molecule has 0 spiro atoms. The minimum Gasteiger partial charge on any atom is -0.481 e. The van der Waals surface area contributed by atoms with Gasteiger partial charge in [-0.2, -0.15) is 0 Å². The Morgan fingerprint density at radius 2 is 2.05 bits per heavy atom. The number of carboxylic acids is 1. The largest absolute Gasteiger partial charge is 0.481 e. The summed E-state index contributed by atoms with van der Waals surface area (Å²) in [5, 5.41) is 18.7. The summed E-state index contributed by atoms with van der Waals surface area (Å²) in [6, 6.07) is 9.34. The number of nitrogens with zero attached hydrogens (tertiary/aromatic N) is 1. The number of fused-ring (bicyclic) bond motifs is 1.